The molecule has 30 heavy (non-hydrogen) atoms. The highest BCUT2D eigenvalue weighted by Crippen LogP contribution is 2.29. The molecule has 1 aliphatic heterocycles. The fourth-order valence-corrected chi connectivity index (χ4v) is 2.96. The van der Waals surface area contributed by atoms with Crippen molar-refractivity contribution in [2.24, 2.45) is 0 Å². The highest BCUT2D eigenvalue weighted by Gasteiger charge is 2.31. The van der Waals surface area contributed by atoms with E-state index in [1.54, 1.807) is 25.7 Å². The van der Waals surface area contributed by atoms with Crippen LogP contribution < -0.4 is 10.6 Å². The van der Waals surface area contributed by atoms with Crippen molar-refractivity contribution in [3.05, 3.63) is 35.4 Å². The monoisotopic (exact) mass is 429 g/mol. The molecule has 2 N–H and O–H groups in total. The van der Waals surface area contributed by atoms with Crippen molar-refractivity contribution in [3.8, 4) is 0 Å². The van der Waals surface area contributed by atoms with E-state index in [2.05, 4.69) is 10.6 Å². The third kappa shape index (κ3) is 7.23. The molecule has 0 atom stereocenters. The zero-order chi connectivity index (χ0) is 22.5. The molecule has 0 spiro atoms. The molecule has 0 saturated carbocycles. The number of hydrogen-bond donors (Lipinski definition) is 2. The standard InChI is InChI=1S/C20H26F3N3O4/c1-19(2,3)30-18(29)24-12-16(27)25-15-8-10-26(11-9-15)17(28)13-4-6-14(7-5-13)20(21,22)23/h4-7,15H,8-12H2,1-3H3,(H,24,29)(H,25,27). The van der Waals surface area contributed by atoms with Crippen molar-refractivity contribution in [2.45, 2.75) is 51.4 Å². The Balaban J connectivity index is 1.77. The van der Waals surface area contributed by atoms with Gasteiger partial charge in [-0.3, -0.25) is 9.59 Å². The molecule has 2 rings (SSSR count). The number of nitrogens with one attached hydrogen (secondary N) is 2. The first-order valence-electron chi connectivity index (χ1n) is 9.58. The minimum Gasteiger partial charge on any atom is -0.444 e. The number of carbonyl (C=O) groups excluding carboxylic acids is 3. The number of amides is 3. The molecular weight excluding hydrogens is 403 g/mol. The number of likely N-dealkylation sites (tertiary alicyclic amines) is 1. The molecule has 0 aromatic heterocycles. The first-order valence-corrected chi connectivity index (χ1v) is 9.58. The molecular formula is C20H26F3N3O4. The molecule has 1 aromatic carbocycles. The van der Waals surface area contributed by atoms with Gasteiger partial charge in [0.15, 0.2) is 0 Å². The molecule has 1 fully saturated rings. The van der Waals surface area contributed by atoms with Crippen LogP contribution in [0.1, 0.15) is 49.5 Å². The summed E-state index contributed by atoms with van der Waals surface area (Å²) < 4.78 is 43.0. The second kappa shape index (κ2) is 9.36. The molecule has 1 aliphatic rings. The predicted octanol–water partition coefficient (Wildman–Crippen LogP) is 2.95. The number of hydrogen-bond acceptors (Lipinski definition) is 4. The summed E-state index contributed by atoms with van der Waals surface area (Å²) >= 11 is 0. The third-order valence-electron chi connectivity index (χ3n) is 4.40. The number of halogens is 3. The van der Waals surface area contributed by atoms with Crippen molar-refractivity contribution in [1.29, 1.82) is 0 Å². The Bertz CT molecular complexity index is 765. The lowest BCUT2D eigenvalue weighted by Gasteiger charge is -2.32. The van der Waals surface area contributed by atoms with Crippen LogP contribution in [0.25, 0.3) is 0 Å². The van der Waals surface area contributed by atoms with Crippen LogP contribution in [-0.4, -0.2) is 54.1 Å². The largest absolute Gasteiger partial charge is 0.444 e. The molecule has 0 unspecified atom stereocenters. The number of alkyl halides is 3. The lowest BCUT2D eigenvalue weighted by atomic mass is 10.0. The molecule has 1 aromatic rings. The number of benzene rings is 1. The van der Waals surface area contributed by atoms with Gasteiger partial charge in [0.05, 0.1) is 5.56 Å². The maximum Gasteiger partial charge on any atom is 0.416 e. The van der Waals surface area contributed by atoms with Crippen LogP contribution in [0.5, 0.6) is 0 Å². The fourth-order valence-electron chi connectivity index (χ4n) is 2.96. The van der Waals surface area contributed by atoms with Gasteiger partial charge in [0.2, 0.25) is 5.91 Å². The summed E-state index contributed by atoms with van der Waals surface area (Å²) in [6.45, 7) is 5.65. The third-order valence-corrected chi connectivity index (χ3v) is 4.40. The lowest BCUT2D eigenvalue weighted by molar-refractivity contribution is -0.137. The average molecular weight is 429 g/mol. The van der Waals surface area contributed by atoms with Gasteiger partial charge >= 0.3 is 12.3 Å². The van der Waals surface area contributed by atoms with E-state index in [4.69, 9.17) is 4.74 Å². The Kier molecular flexibility index (Phi) is 7.33. The molecule has 3 amide bonds. The Hall–Kier alpha value is -2.78. The zero-order valence-corrected chi connectivity index (χ0v) is 17.1. The highest BCUT2D eigenvalue weighted by atomic mass is 19.4. The van der Waals surface area contributed by atoms with Crippen molar-refractivity contribution < 1.29 is 32.3 Å². The van der Waals surface area contributed by atoms with E-state index in [1.165, 1.54) is 12.1 Å². The highest BCUT2D eigenvalue weighted by molar-refractivity contribution is 5.94. The van der Waals surface area contributed by atoms with Crippen LogP contribution in [0.3, 0.4) is 0 Å². The van der Waals surface area contributed by atoms with Crippen molar-refractivity contribution in [3.63, 3.8) is 0 Å². The van der Waals surface area contributed by atoms with E-state index in [1.807, 2.05) is 0 Å². The van der Waals surface area contributed by atoms with Crippen molar-refractivity contribution in [1.82, 2.24) is 15.5 Å². The quantitative estimate of drug-likeness (QED) is 0.771. The van der Waals surface area contributed by atoms with E-state index in [9.17, 15) is 27.6 Å². The van der Waals surface area contributed by atoms with Crippen molar-refractivity contribution in [2.75, 3.05) is 19.6 Å². The van der Waals surface area contributed by atoms with Gasteiger partial charge in [0.25, 0.3) is 5.91 Å². The summed E-state index contributed by atoms with van der Waals surface area (Å²) in [6.07, 6.45) is -4.12. The summed E-state index contributed by atoms with van der Waals surface area (Å²) in [6, 6.07) is 3.95. The van der Waals surface area contributed by atoms with Crippen LogP contribution in [0.4, 0.5) is 18.0 Å². The molecule has 7 nitrogen and oxygen atoms in total. The summed E-state index contributed by atoms with van der Waals surface area (Å²) in [4.78, 5) is 37.6. The first kappa shape index (κ1) is 23.5. The minimum absolute atomic E-state index is 0.158. The van der Waals surface area contributed by atoms with Gasteiger partial charge in [-0.2, -0.15) is 13.2 Å². The Morgan fingerprint density at radius 1 is 1.07 bits per heavy atom. The normalized spacial score (nSPS) is 15.5. The molecule has 10 heteroatoms. The second-order valence-corrected chi connectivity index (χ2v) is 8.06. The van der Waals surface area contributed by atoms with Gasteiger partial charge in [0.1, 0.15) is 12.1 Å². The van der Waals surface area contributed by atoms with E-state index >= 15 is 0 Å². The van der Waals surface area contributed by atoms with Gasteiger partial charge in [-0.15, -0.1) is 0 Å². The molecule has 0 bridgehead atoms. The summed E-state index contributed by atoms with van der Waals surface area (Å²) in [5.74, 6) is -0.714. The number of alkyl carbamates (subject to hydrolysis) is 1. The minimum atomic E-state index is -4.45. The van der Waals surface area contributed by atoms with Crippen LogP contribution >= 0.6 is 0 Å². The Morgan fingerprint density at radius 3 is 2.13 bits per heavy atom. The zero-order valence-electron chi connectivity index (χ0n) is 17.1. The topological polar surface area (TPSA) is 87.7 Å². The smallest absolute Gasteiger partial charge is 0.416 e. The molecule has 166 valence electrons. The van der Waals surface area contributed by atoms with E-state index in [-0.39, 0.29) is 30.0 Å². The number of ether oxygens (including phenoxy) is 1. The van der Waals surface area contributed by atoms with Crippen LogP contribution in [0, 0.1) is 0 Å². The molecule has 1 saturated heterocycles. The van der Waals surface area contributed by atoms with Gasteiger partial charge in [-0.25, -0.2) is 4.79 Å². The number of piperidine rings is 1. The lowest BCUT2D eigenvalue weighted by Crippen LogP contribution is -2.49. The molecule has 0 radical (unpaired) electrons. The number of rotatable bonds is 4. The maximum atomic E-state index is 12.6. The van der Waals surface area contributed by atoms with Crippen LogP contribution in [0.15, 0.2) is 24.3 Å². The molecule has 1 heterocycles. The fraction of sp³-hybridized carbons (Fsp3) is 0.550. The molecule has 0 aliphatic carbocycles. The van der Waals surface area contributed by atoms with Crippen LogP contribution in [0.2, 0.25) is 0 Å². The second-order valence-electron chi connectivity index (χ2n) is 8.06. The van der Waals surface area contributed by atoms with E-state index < -0.39 is 23.4 Å². The van der Waals surface area contributed by atoms with E-state index in [0.29, 0.717) is 25.9 Å². The Labute approximate surface area is 172 Å². The first-order chi connectivity index (χ1) is 13.8. The van der Waals surface area contributed by atoms with Crippen LogP contribution in [-0.2, 0) is 15.7 Å². The summed E-state index contributed by atoms with van der Waals surface area (Å²) in [5, 5.41) is 5.16. The Morgan fingerprint density at radius 2 is 1.63 bits per heavy atom. The van der Waals surface area contributed by atoms with Gasteiger partial charge in [-0.05, 0) is 57.9 Å². The average Bonchev–Trinajstić information content (AvgIpc) is 2.64. The summed E-state index contributed by atoms with van der Waals surface area (Å²) in [5.41, 5.74) is -1.28. The van der Waals surface area contributed by atoms with E-state index in [0.717, 1.165) is 12.1 Å². The van der Waals surface area contributed by atoms with Gasteiger partial charge in [0, 0.05) is 24.7 Å². The van der Waals surface area contributed by atoms with Gasteiger partial charge in [-0.1, -0.05) is 0 Å². The maximum absolute atomic E-state index is 12.6. The van der Waals surface area contributed by atoms with Crippen molar-refractivity contribution >= 4 is 17.9 Å². The number of carbonyl (C=O) groups is 3. The number of nitrogens with zero attached hydrogens (tertiary/aromatic N) is 1. The SMILES string of the molecule is CC(C)(C)OC(=O)NCC(=O)NC1CCN(C(=O)c2ccc(C(F)(F)F)cc2)CC1. The summed E-state index contributed by atoms with van der Waals surface area (Å²) in [7, 11) is 0. The van der Waals surface area contributed by atoms with Gasteiger partial charge < -0.3 is 20.3 Å². The predicted molar refractivity (Wildman–Crippen MR) is 103 cm³/mol.